The summed E-state index contributed by atoms with van der Waals surface area (Å²) < 4.78 is 5.85. The van der Waals surface area contributed by atoms with Crippen LogP contribution in [0.1, 0.15) is 6.92 Å². The summed E-state index contributed by atoms with van der Waals surface area (Å²) in [6.45, 7) is 1.94. The van der Waals surface area contributed by atoms with Gasteiger partial charge in [-0.3, -0.25) is 0 Å². The Kier molecular flexibility index (Phi) is 5.03. The van der Waals surface area contributed by atoms with Crippen LogP contribution in [0.5, 0.6) is 5.75 Å². The van der Waals surface area contributed by atoms with Crippen molar-refractivity contribution in [3.8, 4) is 5.75 Å². The van der Waals surface area contributed by atoms with Crippen molar-refractivity contribution in [3.05, 3.63) is 57.5 Å². The van der Waals surface area contributed by atoms with Crippen molar-refractivity contribution in [2.24, 2.45) is 0 Å². The van der Waals surface area contributed by atoms with Crippen LogP contribution in [-0.2, 0) is 0 Å². The standard InChI is InChI=1S/C15H14Cl3NO/c1-10(19(2)11-6-4-3-5-7-11)20-15-9-13(17)12(16)8-14(15)18/h3-10H,1-2H3. The average molecular weight is 331 g/mol. The van der Waals surface area contributed by atoms with Crippen LogP contribution in [0.3, 0.4) is 0 Å². The van der Waals surface area contributed by atoms with Gasteiger partial charge in [0.15, 0.2) is 6.23 Å². The highest BCUT2D eigenvalue weighted by Crippen LogP contribution is 2.34. The van der Waals surface area contributed by atoms with Crippen LogP contribution in [0.25, 0.3) is 0 Å². The van der Waals surface area contributed by atoms with E-state index < -0.39 is 0 Å². The molecule has 0 spiro atoms. The lowest BCUT2D eigenvalue weighted by atomic mass is 10.3. The molecular weight excluding hydrogens is 317 g/mol. The lowest BCUT2D eigenvalue weighted by Crippen LogP contribution is -2.33. The van der Waals surface area contributed by atoms with Gasteiger partial charge in [0, 0.05) is 18.8 Å². The van der Waals surface area contributed by atoms with Gasteiger partial charge in [-0.15, -0.1) is 0 Å². The zero-order valence-electron chi connectivity index (χ0n) is 11.1. The molecular formula is C15H14Cl3NO. The minimum atomic E-state index is -0.202. The molecule has 2 aromatic carbocycles. The Morgan fingerprint density at radius 1 is 0.950 bits per heavy atom. The quantitative estimate of drug-likeness (QED) is 0.541. The molecule has 0 aliphatic rings. The van der Waals surface area contributed by atoms with E-state index in [1.807, 2.05) is 49.2 Å². The summed E-state index contributed by atoms with van der Waals surface area (Å²) in [5.74, 6) is 0.511. The lowest BCUT2D eigenvalue weighted by molar-refractivity contribution is 0.222. The van der Waals surface area contributed by atoms with Crippen LogP contribution in [0.4, 0.5) is 5.69 Å². The number of hydrogen-bond acceptors (Lipinski definition) is 2. The third kappa shape index (κ3) is 3.51. The molecule has 0 heterocycles. The van der Waals surface area contributed by atoms with E-state index in [0.29, 0.717) is 20.8 Å². The summed E-state index contributed by atoms with van der Waals surface area (Å²) in [5, 5.41) is 1.27. The van der Waals surface area contributed by atoms with Gasteiger partial charge < -0.3 is 9.64 Å². The minimum absolute atomic E-state index is 0.202. The number of anilines is 1. The number of para-hydroxylation sites is 1. The second-order valence-corrected chi connectivity index (χ2v) is 5.58. The molecule has 0 aromatic heterocycles. The largest absolute Gasteiger partial charge is 0.469 e. The van der Waals surface area contributed by atoms with Gasteiger partial charge in [0.1, 0.15) is 5.75 Å². The number of halogens is 3. The van der Waals surface area contributed by atoms with E-state index in [0.717, 1.165) is 5.69 Å². The Balaban J connectivity index is 2.16. The van der Waals surface area contributed by atoms with E-state index in [1.165, 1.54) is 0 Å². The summed E-state index contributed by atoms with van der Waals surface area (Å²) in [4.78, 5) is 2.00. The predicted octanol–water partition coefficient (Wildman–Crippen LogP) is 5.51. The maximum Gasteiger partial charge on any atom is 0.169 e. The van der Waals surface area contributed by atoms with Crippen LogP contribution in [-0.4, -0.2) is 13.3 Å². The van der Waals surface area contributed by atoms with E-state index in [1.54, 1.807) is 12.1 Å². The maximum atomic E-state index is 6.11. The Bertz CT molecular complexity index is 589. The maximum absolute atomic E-state index is 6.11. The first-order valence-electron chi connectivity index (χ1n) is 6.08. The van der Waals surface area contributed by atoms with Crippen LogP contribution < -0.4 is 9.64 Å². The van der Waals surface area contributed by atoms with Crippen LogP contribution in [0.2, 0.25) is 15.1 Å². The second kappa shape index (κ2) is 6.57. The van der Waals surface area contributed by atoms with E-state index in [2.05, 4.69) is 0 Å². The first kappa shape index (κ1) is 15.3. The van der Waals surface area contributed by atoms with E-state index in [4.69, 9.17) is 39.5 Å². The monoisotopic (exact) mass is 329 g/mol. The number of hydrogen-bond donors (Lipinski definition) is 0. The highest BCUT2D eigenvalue weighted by atomic mass is 35.5. The van der Waals surface area contributed by atoms with Crippen LogP contribution in [0.15, 0.2) is 42.5 Å². The van der Waals surface area contributed by atoms with Crippen LogP contribution >= 0.6 is 34.8 Å². The highest BCUT2D eigenvalue weighted by molar-refractivity contribution is 6.43. The fraction of sp³-hybridized carbons (Fsp3) is 0.200. The highest BCUT2D eigenvalue weighted by Gasteiger charge is 2.14. The van der Waals surface area contributed by atoms with Gasteiger partial charge in [-0.1, -0.05) is 53.0 Å². The van der Waals surface area contributed by atoms with Gasteiger partial charge in [-0.05, 0) is 25.1 Å². The number of rotatable bonds is 4. The zero-order valence-corrected chi connectivity index (χ0v) is 13.4. The first-order chi connectivity index (χ1) is 9.49. The third-order valence-electron chi connectivity index (χ3n) is 2.98. The summed E-state index contributed by atoms with van der Waals surface area (Å²) in [6.07, 6.45) is -0.202. The zero-order chi connectivity index (χ0) is 14.7. The molecule has 1 unspecified atom stereocenters. The van der Waals surface area contributed by atoms with Gasteiger partial charge >= 0.3 is 0 Å². The number of nitrogens with zero attached hydrogens (tertiary/aromatic N) is 1. The van der Waals surface area contributed by atoms with Gasteiger partial charge in [0.2, 0.25) is 0 Å². The molecule has 0 aliphatic carbocycles. The molecule has 2 nitrogen and oxygen atoms in total. The molecule has 2 rings (SSSR count). The van der Waals surface area contributed by atoms with Crippen LogP contribution in [0, 0.1) is 0 Å². The molecule has 5 heteroatoms. The Hall–Kier alpha value is -1.09. The fourth-order valence-corrected chi connectivity index (χ4v) is 2.31. The molecule has 106 valence electrons. The second-order valence-electron chi connectivity index (χ2n) is 4.36. The Morgan fingerprint density at radius 3 is 2.20 bits per heavy atom. The molecule has 0 fully saturated rings. The lowest BCUT2D eigenvalue weighted by Gasteiger charge is -2.28. The normalized spacial score (nSPS) is 12.1. The molecule has 20 heavy (non-hydrogen) atoms. The van der Waals surface area contributed by atoms with Crippen molar-refractivity contribution in [2.75, 3.05) is 11.9 Å². The fourth-order valence-electron chi connectivity index (χ4n) is 1.73. The molecule has 0 radical (unpaired) electrons. The molecule has 0 saturated heterocycles. The Morgan fingerprint density at radius 2 is 1.55 bits per heavy atom. The van der Waals surface area contributed by atoms with E-state index in [-0.39, 0.29) is 6.23 Å². The first-order valence-corrected chi connectivity index (χ1v) is 7.21. The molecule has 2 aromatic rings. The van der Waals surface area contributed by atoms with Crippen molar-refractivity contribution < 1.29 is 4.74 Å². The SMILES string of the molecule is CC(Oc1cc(Cl)c(Cl)cc1Cl)N(C)c1ccccc1. The van der Waals surface area contributed by atoms with Crippen molar-refractivity contribution in [3.63, 3.8) is 0 Å². The van der Waals surface area contributed by atoms with E-state index in [9.17, 15) is 0 Å². The summed E-state index contributed by atoms with van der Waals surface area (Å²) in [5.41, 5.74) is 1.05. The molecule has 0 saturated carbocycles. The van der Waals surface area contributed by atoms with Crippen molar-refractivity contribution in [1.82, 2.24) is 0 Å². The number of ether oxygens (including phenoxy) is 1. The minimum Gasteiger partial charge on any atom is -0.469 e. The van der Waals surface area contributed by atoms with Gasteiger partial charge in [-0.2, -0.15) is 0 Å². The predicted molar refractivity (Wildman–Crippen MR) is 86.4 cm³/mol. The number of benzene rings is 2. The summed E-state index contributed by atoms with van der Waals surface area (Å²) >= 11 is 18.0. The summed E-state index contributed by atoms with van der Waals surface area (Å²) in [7, 11) is 1.95. The molecule has 0 aliphatic heterocycles. The molecule has 1 atom stereocenters. The smallest absolute Gasteiger partial charge is 0.169 e. The Labute approximate surface area is 133 Å². The molecule has 0 N–H and O–H groups in total. The summed E-state index contributed by atoms with van der Waals surface area (Å²) in [6, 6.07) is 13.2. The van der Waals surface area contributed by atoms with Gasteiger partial charge in [0.05, 0.1) is 15.1 Å². The van der Waals surface area contributed by atoms with Gasteiger partial charge in [-0.25, -0.2) is 0 Å². The third-order valence-corrected chi connectivity index (χ3v) is 4.00. The van der Waals surface area contributed by atoms with Gasteiger partial charge in [0.25, 0.3) is 0 Å². The average Bonchev–Trinajstić information content (AvgIpc) is 2.44. The van der Waals surface area contributed by atoms with Crippen molar-refractivity contribution in [1.29, 1.82) is 0 Å². The van der Waals surface area contributed by atoms with Crippen molar-refractivity contribution >= 4 is 40.5 Å². The molecule has 0 bridgehead atoms. The van der Waals surface area contributed by atoms with E-state index >= 15 is 0 Å². The van der Waals surface area contributed by atoms with Crippen molar-refractivity contribution in [2.45, 2.75) is 13.2 Å². The molecule has 0 amide bonds. The topological polar surface area (TPSA) is 12.5 Å².